The van der Waals surface area contributed by atoms with E-state index in [0.29, 0.717) is 6.42 Å². The number of nitrogens with one attached hydrogen (secondary N) is 1. The van der Waals surface area contributed by atoms with Crippen molar-refractivity contribution in [2.75, 3.05) is 0 Å². The first-order valence-electron chi connectivity index (χ1n) is 5.72. The van der Waals surface area contributed by atoms with E-state index < -0.39 is 10.0 Å². The molecule has 6 nitrogen and oxygen atoms in total. The molecule has 0 aliphatic carbocycles. The summed E-state index contributed by atoms with van der Waals surface area (Å²) in [5.41, 5.74) is 3.22. The number of hydrogen-bond acceptors (Lipinski definition) is 6. The molecule has 0 saturated heterocycles. The first kappa shape index (κ1) is 14.2. The summed E-state index contributed by atoms with van der Waals surface area (Å²) >= 11 is 1.25. The molecule has 2 heterocycles. The van der Waals surface area contributed by atoms with Crippen LogP contribution in [0, 0.1) is 13.8 Å². The lowest BCUT2D eigenvalue weighted by molar-refractivity contribution is 0.392. The van der Waals surface area contributed by atoms with E-state index in [9.17, 15) is 8.42 Å². The molecule has 104 valence electrons. The molecule has 0 bridgehead atoms. The zero-order chi connectivity index (χ0) is 14.0. The third-order valence-electron chi connectivity index (χ3n) is 2.73. The minimum atomic E-state index is -3.55. The van der Waals surface area contributed by atoms with E-state index in [2.05, 4.69) is 14.9 Å². The molecule has 0 aliphatic rings. The third kappa shape index (κ3) is 3.20. The molecule has 0 amide bonds. The lowest BCUT2D eigenvalue weighted by Crippen LogP contribution is -2.34. The lowest BCUT2D eigenvalue weighted by atomic mass is 10.1. The minimum Gasteiger partial charge on any atom is -0.361 e. The van der Waals surface area contributed by atoms with Crippen molar-refractivity contribution in [3.63, 3.8) is 0 Å². The summed E-state index contributed by atoms with van der Waals surface area (Å²) < 4.78 is 31.7. The second kappa shape index (κ2) is 5.40. The van der Waals surface area contributed by atoms with Gasteiger partial charge in [0.1, 0.15) is 5.76 Å². The van der Waals surface area contributed by atoms with E-state index in [1.165, 1.54) is 22.2 Å². The van der Waals surface area contributed by atoms with Crippen molar-refractivity contribution in [2.24, 2.45) is 0 Å². The molecule has 0 radical (unpaired) electrons. The van der Waals surface area contributed by atoms with Crippen LogP contribution in [0.1, 0.15) is 23.9 Å². The largest absolute Gasteiger partial charge is 0.361 e. The Morgan fingerprint density at radius 1 is 1.47 bits per heavy atom. The van der Waals surface area contributed by atoms with Crippen molar-refractivity contribution in [1.29, 1.82) is 0 Å². The number of nitrogens with zero attached hydrogens (tertiary/aromatic N) is 2. The molecule has 1 atom stereocenters. The molecule has 2 aromatic heterocycles. The normalized spacial score (nSPS) is 13.6. The fraction of sp³-hybridized carbons (Fsp3) is 0.455. The van der Waals surface area contributed by atoms with Gasteiger partial charge in [-0.15, -0.1) is 11.3 Å². The SMILES string of the molecule is Cc1noc(C)c1CC(C)NS(=O)(=O)c1cscn1. The van der Waals surface area contributed by atoms with Gasteiger partial charge in [0.05, 0.1) is 11.2 Å². The smallest absolute Gasteiger partial charge is 0.259 e. The van der Waals surface area contributed by atoms with Gasteiger partial charge in [0.15, 0.2) is 5.03 Å². The average Bonchev–Trinajstić information content (AvgIpc) is 2.94. The Kier molecular flexibility index (Phi) is 4.02. The summed E-state index contributed by atoms with van der Waals surface area (Å²) in [6.45, 7) is 5.46. The number of aromatic nitrogens is 2. The highest BCUT2D eigenvalue weighted by atomic mass is 32.2. The van der Waals surface area contributed by atoms with Crippen LogP contribution in [-0.4, -0.2) is 24.6 Å². The van der Waals surface area contributed by atoms with E-state index >= 15 is 0 Å². The van der Waals surface area contributed by atoms with Crippen molar-refractivity contribution < 1.29 is 12.9 Å². The maximum atomic E-state index is 12.0. The lowest BCUT2D eigenvalue weighted by Gasteiger charge is -2.12. The molecule has 0 spiro atoms. The van der Waals surface area contributed by atoms with E-state index in [0.717, 1.165) is 17.0 Å². The predicted octanol–water partition coefficient (Wildman–Crippen LogP) is 1.66. The zero-order valence-electron chi connectivity index (χ0n) is 10.9. The number of hydrogen-bond donors (Lipinski definition) is 1. The van der Waals surface area contributed by atoms with Crippen LogP contribution in [0.25, 0.3) is 0 Å². The summed E-state index contributed by atoms with van der Waals surface area (Å²) in [4.78, 5) is 3.81. The molecule has 19 heavy (non-hydrogen) atoms. The van der Waals surface area contributed by atoms with Gasteiger partial charge in [-0.3, -0.25) is 0 Å². The summed E-state index contributed by atoms with van der Waals surface area (Å²) in [5.74, 6) is 0.720. The van der Waals surface area contributed by atoms with Crippen molar-refractivity contribution in [2.45, 2.75) is 38.3 Å². The number of sulfonamides is 1. The second-order valence-electron chi connectivity index (χ2n) is 4.36. The summed E-state index contributed by atoms with van der Waals surface area (Å²) in [7, 11) is -3.55. The molecular weight excluding hydrogens is 286 g/mol. The Bertz CT molecular complexity index is 627. The van der Waals surface area contributed by atoms with Crippen LogP contribution in [-0.2, 0) is 16.4 Å². The van der Waals surface area contributed by atoms with Gasteiger partial charge in [-0.05, 0) is 27.2 Å². The van der Waals surface area contributed by atoms with E-state index in [1.807, 2.05) is 13.8 Å². The molecular formula is C11H15N3O3S2. The zero-order valence-corrected chi connectivity index (χ0v) is 12.5. The van der Waals surface area contributed by atoms with Gasteiger partial charge in [-0.1, -0.05) is 5.16 Å². The van der Waals surface area contributed by atoms with Gasteiger partial charge in [-0.25, -0.2) is 18.1 Å². The Balaban J connectivity index is 2.08. The summed E-state index contributed by atoms with van der Waals surface area (Å²) in [6, 6.07) is -0.261. The fourth-order valence-corrected chi connectivity index (χ4v) is 3.88. The monoisotopic (exact) mass is 301 g/mol. The first-order valence-corrected chi connectivity index (χ1v) is 8.15. The van der Waals surface area contributed by atoms with E-state index in [4.69, 9.17) is 4.52 Å². The van der Waals surface area contributed by atoms with Crippen molar-refractivity contribution in [3.05, 3.63) is 27.9 Å². The third-order valence-corrected chi connectivity index (χ3v) is 4.96. The van der Waals surface area contributed by atoms with Crippen molar-refractivity contribution >= 4 is 21.4 Å². The first-order chi connectivity index (χ1) is 8.90. The average molecular weight is 301 g/mol. The summed E-state index contributed by atoms with van der Waals surface area (Å²) in [5, 5.41) is 5.42. The Labute approximate surface area is 115 Å². The van der Waals surface area contributed by atoms with Crippen LogP contribution in [0.4, 0.5) is 0 Å². The second-order valence-corrected chi connectivity index (χ2v) is 6.74. The van der Waals surface area contributed by atoms with E-state index in [-0.39, 0.29) is 11.1 Å². The van der Waals surface area contributed by atoms with Crippen LogP contribution < -0.4 is 4.72 Å². The molecule has 0 aromatic carbocycles. The number of thiazole rings is 1. The van der Waals surface area contributed by atoms with Gasteiger partial charge in [0.25, 0.3) is 10.0 Å². The Morgan fingerprint density at radius 2 is 2.21 bits per heavy atom. The molecule has 0 saturated carbocycles. The molecule has 2 aromatic rings. The minimum absolute atomic E-state index is 0.0584. The van der Waals surface area contributed by atoms with Gasteiger partial charge >= 0.3 is 0 Å². The standard InChI is InChI=1S/C11H15N3O3S2/c1-7(4-10-8(2)13-17-9(10)3)14-19(15,16)11-5-18-6-12-11/h5-7,14H,4H2,1-3H3. The molecule has 0 aliphatic heterocycles. The molecule has 2 rings (SSSR count). The van der Waals surface area contributed by atoms with Gasteiger partial charge in [0.2, 0.25) is 0 Å². The predicted molar refractivity (Wildman–Crippen MR) is 71.6 cm³/mol. The van der Waals surface area contributed by atoms with Crippen LogP contribution in [0.5, 0.6) is 0 Å². The van der Waals surface area contributed by atoms with Crippen LogP contribution in [0.3, 0.4) is 0 Å². The molecule has 8 heteroatoms. The fourth-order valence-electron chi connectivity index (χ4n) is 1.80. The highest BCUT2D eigenvalue weighted by molar-refractivity contribution is 7.89. The van der Waals surface area contributed by atoms with Crippen molar-refractivity contribution in [3.8, 4) is 0 Å². The van der Waals surface area contributed by atoms with Gasteiger partial charge in [0, 0.05) is 17.0 Å². The quantitative estimate of drug-likeness (QED) is 0.907. The molecule has 0 fully saturated rings. The maximum absolute atomic E-state index is 12.0. The maximum Gasteiger partial charge on any atom is 0.259 e. The number of aryl methyl sites for hydroxylation is 2. The number of rotatable bonds is 5. The van der Waals surface area contributed by atoms with Crippen molar-refractivity contribution in [1.82, 2.24) is 14.9 Å². The molecule has 1 unspecified atom stereocenters. The van der Waals surface area contributed by atoms with Crippen LogP contribution >= 0.6 is 11.3 Å². The molecule has 1 N–H and O–H groups in total. The van der Waals surface area contributed by atoms with Gasteiger partial charge in [-0.2, -0.15) is 0 Å². The highest BCUT2D eigenvalue weighted by Gasteiger charge is 2.21. The van der Waals surface area contributed by atoms with Crippen LogP contribution in [0.15, 0.2) is 20.4 Å². The topological polar surface area (TPSA) is 85.1 Å². The Morgan fingerprint density at radius 3 is 2.74 bits per heavy atom. The van der Waals surface area contributed by atoms with E-state index in [1.54, 1.807) is 6.92 Å². The van der Waals surface area contributed by atoms with Crippen LogP contribution in [0.2, 0.25) is 0 Å². The Hall–Kier alpha value is -1.25. The summed E-state index contributed by atoms with van der Waals surface area (Å²) in [6.07, 6.45) is 0.532. The van der Waals surface area contributed by atoms with Gasteiger partial charge < -0.3 is 4.52 Å². The highest BCUT2D eigenvalue weighted by Crippen LogP contribution is 2.16.